The minimum Gasteiger partial charge on any atom is -0.329 e. The Kier molecular flexibility index (Phi) is 5.46. The highest BCUT2D eigenvalue weighted by Gasteiger charge is 2.45. The van der Waals surface area contributed by atoms with E-state index in [1.165, 1.54) is 25.7 Å². The second kappa shape index (κ2) is 6.19. The van der Waals surface area contributed by atoms with Crippen molar-refractivity contribution < 1.29 is 0 Å². The molecular formula is C15H32N2. The molecule has 0 radical (unpaired) electrons. The summed E-state index contributed by atoms with van der Waals surface area (Å²) in [6, 6.07) is 0.649. The Morgan fingerprint density at radius 3 is 2.47 bits per heavy atom. The third-order valence-corrected chi connectivity index (χ3v) is 5.36. The monoisotopic (exact) mass is 240 g/mol. The number of rotatable bonds is 5. The number of nitrogens with zero attached hydrogens (tertiary/aromatic N) is 1. The number of nitrogens with two attached hydrogens (primary N) is 1. The summed E-state index contributed by atoms with van der Waals surface area (Å²) in [5.41, 5.74) is 6.47. The van der Waals surface area contributed by atoms with E-state index in [2.05, 4.69) is 39.5 Å². The summed E-state index contributed by atoms with van der Waals surface area (Å²) >= 11 is 0. The predicted molar refractivity (Wildman–Crippen MR) is 76.1 cm³/mol. The van der Waals surface area contributed by atoms with E-state index in [0.29, 0.717) is 6.04 Å². The largest absolute Gasteiger partial charge is 0.329 e. The van der Waals surface area contributed by atoms with Crippen LogP contribution >= 0.6 is 0 Å². The van der Waals surface area contributed by atoms with E-state index in [-0.39, 0.29) is 5.54 Å². The Labute approximate surface area is 108 Å². The molecule has 0 bridgehead atoms. The first-order valence-electron chi connectivity index (χ1n) is 7.50. The molecule has 1 fully saturated rings. The fourth-order valence-electron chi connectivity index (χ4n) is 3.83. The van der Waals surface area contributed by atoms with Crippen LogP contribution in [0.1, 0.15) is 60.3 Å². The maximum Gasteiger partial charge on any atom is 0.0362 e. The van der Waals surface area contributed by atoms with Crippen molar-refractivity contribution in [2.45, 2.75) is 71.9 Å². The number of hydrogen-bond donors (Lipinski definition) is 1. The van der Waals surface area contributed by atoms with Gasteiger partial charge in [0.25, 0.3) is 0 Å². The first kappa shape index (κ1) is 15.0. The van der Waals surface area contributed by atoms with Crippen LogP contribution in [0.2, 0.25) is 0 Å². The maximum absolute atomic E-state index is 6.22. The molecule has 2 nitrogen and oxygen atoms in total. The Hall–Kier alpha value is -0.0800. The number of likely N-dealkylation sites (N-methyl/N-ethyl adjacent to an activating group) is 1. The van der Waals surface area contributed by atoms with Crippen LogP contribution in [0.5, 0.6) is 0 Å². The summed E-state index contributed by atoms with van der Waals surface area (Å²) in [6.45, 7) is 13.7. The van der Waals surface area contributed by atoms with Crippen LogP contribution in [0.4, 0.5) is 0 Å². The fraction of sp³-hybridized carbons (Fsp3) is 1.00. The molecule has 0 aromatic carbocycles. The average Bonchev–Trinajstić information content (AvgIpc) is 2.35. The lowest BCUT2D eigenvalue weighted by molar-refractivity contribution is -0.0316. The van der Waals surface area contributed by atoms with Crippen LogP contribution < -0.4 is 5.73 Å². The van der Waals surface area contributed by atoms with Gasteiger partial charge in [-0.15, -0.1) is 0 Å². The molecule has 1 saturated carbocycles. The van der Waals surface area contributed by atoms with Gasteiger partial charge >= 0.3 is 0 Å². The Bertz CT molecular complexity index is 229. The highest BCUT2D eigenvalue weighted by Crippen LogP contribution is 2.42. The van der Waals surface area contributed by atoms with Crippen molar-refractivity contribution in [1.82, 2.24) is 4.90 Å². The summed E-state index contributed by atoms with van der Waals surface area (Å²) in [6.07, 6.45) is 5.22. The lowest BCUT2D eigenvalue weighted by Crippen LogP contribution is -2.63. The molecular weight excluding hydrogens is 208 g/mol. The molecule has 2 heteroatoms. The van der Waals surface area contributed by atoms with E-state index < -0.39 is 0 Å². The summed E-state index contributed by atoms with van der Waals surface area (Å²) in [5.74, 6) is 1.53. The van der Waals surface area contributed by atoms with Crippen molar-refractivity contribution in [3.8, 4) is 0 Å². The molecule has 0 aromatic heterocycles. The van der Waals surface area contributed by atoms with Crippen molar-refractivity contribution in [2.24, 2.45) is 17.6 Å². The molecule has 0 aliphatic heterocycles. The first-order valence-corrected chi connectivity index (χ1v) is 7.50. The average molecular weight is 240 g/mol. The van der Waals surface area contributed by atoms with E-state index in [9.17, 15) is 0 Å². The lowest BCUT2D eigenvalue weighted by Gasteiger charge is -2.54. The molecule has 4 unspecified atom stereocenters. The van der Waals surface area contributed by atoms with Crippen molar-refractivity contribution in [3.63, 3.8) is 0 Å². The van der Waals surface area contributed by atoms with E-state index in [0.717, 1.165) is 24.9 Å². The van der Waals surface area contributed by atoms with Gasteiger partial charge in [-0.2, -0.15) is 0 Å². The highest BCUT2D eigenvalue weighted by atomic mass is 15.2. The molecule has 0 spiro atoms. The topological polar surface area (TPSA) is 29.3 Å². The van der Waals surface area contributed by atoms with Gasteiger partial charge in [-0.05, 0) is 38.1 Å². The van der Waals surface area contributed by atoms with Crippen LogP contribution in [-0.2, 0) is 0 Å². The minimum absolute atomic E-state index is 0.252. The minimum atomic E-state index is 0.252. The Morgan fingerprint density at radius 2 is 2.00 bits per heavy atom. The van der Waals surface area contributed by atoms with E-state index in [4.69, 9.17) is 5.73 Å². The summed E-state index contributed by atoms with van der Waals surface area (Å²) in [7, 11) is 0. The van der Waals surface area contributed by atoms with Crippen molar-refractivity contribution in [3.05, 3.63) is 0 Å². The molecule has 0 heterocycles. The molecule has 1 aliphatic rings. The third kappa shape index (κ3) is 2.68. The smallest absolute Gasteiger partial charge is 0.0362 e. The Balaban J connectivity index is 2.98. The molecule has 0 amide bonds. The third-order valence-electron chi connectivity index (χ3n) is 5.36. The molecule has 1 rings (SSSR count). The summed E-state index contributed by atoms with van der Waals surface area (Å²) in [5, 5.41) is 0. The van der Waals surface area contributed by atoms with Gasteiger partial charge in [-0.3, -0.25) is 4.90 Å². The zero-order valence-electron chi connectivity index (χ0n) is 12.5. The zero-order valence-corrected chi connectivity index (χ0v) is 12.5. The van der Waals surface area contributed by atoms with E-state index in [1.54, 1.807) is 0 Å². The van der Waals surface area contributed by atoms with Gasteiger partial charge in [0.1, 0.15) is 0 Å². The van der Waals surface area contributed by atoms with Gasteiger partial charge in [0, 0.05) is 18.1 Å². The molecule has 0 aromatic rings. The van der Waals surface area contributed by atoms with Gasteiger partial charge in [-0.1, -0.05) is 40.5 Å². The van der Waals surface area contributed by atoms with Gasteiger partial charge in [0.2, 0.25) is 0 Å². The summed E-state index contributed by atoms with van der Waals surface area (Å²) in [4.78, 5) is 2.69. The normalized spacial score (nSPS) is 36.2. The second-order valence-electron chi connectivity index (χ2n) is 6.01. The van der Waals surface area contributed by atoms with Crippen molar-refractivity contribution >= 4 is 0 Å². The molecule has 102 valence electrons. The van der Waals surface area contributed by atoms with Crippen LogP contribution in [0.3, 0.4) is 0 Å². The first-order chi connectivity index (χ1) is 8.03. The fourth-order valence-corrected chi connectivity index (χ4v) is 3.83. The number of hydrogen-bond acceptors (Lipinski definition) is 2. The van der Waals surface area contributed by atoms with E-state index in [1.807, 2.05) is 0 Å². The Morgan fingerprint density at radius 1 is 1.35 bits per heavy atom. The summed E-state index contributed by atoms with van der Waals surface area (Å²) < 4.78 is 0. The van der Waals surface area contributed by atoms with Crippen LogP contribution in [0, 0.1) is 11.8 Å². The van der Waals surface area contributed by atoms with Crippen molar-refractivity contribution in [2.75, 3.05) is 13.1 Å². The zero-order chi connectivity index (χ0) is 13.1. The molecule has 1 aliphatic carbocycles. The highest BCUT2D eigenvalue weighted by molar-refractivity contribution is 5.01. The SMILES string of the molecule is CCC(C)N(CC)C1(CN)CCCC(C)C1C. The molecule has 17 heavy (non-hydrogen) atoms. The van der Waals surface area contributed by atoms with Gasteiger partial charge in [-0.25, -0.2) is 0 Å². The van der Waals surface area contributed by atoms with Gasteiger partial charge in [0.15, 0.2) is 0 Å². The quantitative estimate of drug-likeness (QED) is 0.799. The van der Waals surface area contributed by atoms with Gasteiger partial charge in [0.05, 0.1) is 0 Å². The maximum atomic E-state index is 6.22. The molecule has 4 atom stereocenters. The molecule has 0 saturated heterocycles. The second-order valence-corrected chi connectivity index (χ2v) is 6.01. The van der Waals surface area contributed by atoms with Gasteiger partial charge < -0.3 is 5.73 Å². The van der Waals surface area contributed by atoms with Crippen LogP contribution in [-0.4, -0.2) is 29.6 Å². The predicted octanol–water partition coefficient (Wildman–Crippen LogP) is 3.26. The standard InChI is InChI=1S/C15H32N2/c1-6-13(4)17(7-2)15(11-16)10-8-9-12(3)14(15)5/h12-14H,6-11,16H2,1-5H3. The van der Waals surface area contributed by atoms with Crippen LogP contribution in [0.15, 0.2) is 0 Å². The van der Waals surface area contributed by atoms with E-state index >= 15 is 0 Å². The van der Waals surface area contributed by atoms with Crippen LogP contribution in [0.25, 0.3) is 0 Å². The lowest BCUT2D eigenvalue weighted by atomic mass is 9.67. The molecule has 2 N–H and O–H groups in total. The van der Waals surface area contributed by atoms with Crippen molar-refractivity contribution in [1.29, 1.82) is 0 Å².